The summed E-state index contributed by atoms with van der Waals surface area (Å²) in [5.41, 5.74) is 6.06. The van der Waals surface area contributed by atoms with Gasteiger partial charge in [-0.15, -0.1) is 0 Å². The second-order valence-electron chi connectivity index (χ2n) is 3.20. The number of aromatic nitrogens is 1. The van der Waals surface area contributed by atoms with Gasteiger partial charge in [0.05, 0.1) is 6.42 Å². The number of benzene rings is 1. The monoisotopic (exact) mass is 186 g/mol. The second-order valence-corrected chi connectivity index (χ2v) is 3.20. The van der Waals surface area contributed by atoms with Gasteiger partial charge in [-0.25, -0.2) is 0 Å². The number of hydrogen-bond acceptors (Lipinski definition) is 2. The van der Waals surface area contributed by atoms with Crippen LogP contribution < -0.4 is 5.73 Å². The van der Waals surface area contributed by atoms with Crippen molar-refractivity contribution in [3.8, 4) is 0 Å². The summed E-state index contributed by atoms with van der Waals surface area (Å²) in [6.07, 6.45) is 3.82. The molecule has 2 rings (SSSR count). The second kappa shape index (κ2) is 3.46. The molecule has 0 aliphatic carbocycles. The van der Waals surface area contributed by atoms with Gasteiger partial charge in [-0.3, -0.25) is 9.78 Å². The third-order valence-electron chi connectivity index (χ3n) is 2.08. The van der Waals surface area contributed by atoms with E-state index in [1.54, 1.807) is 12.4 Å². The summed E-state index contributed by atoms with van der Waals surface area (Å²) >= 11 is 0. The molecule has 0 saturated heterocycles. The van der Waals surface area contributed by atoms with Crippen LogP contribution in [0.15, 0.2) is 36.7 Å². The lowest BCUT2D eigenvalue weighted by molar-refractivity contribution is -0.117. The first kappa shape index (κ1) is 8.69. The van der Waals surface area contributed by atoms with Crippen molar-refractivity contribution in [2.24, 2.45) is 5.73 Å². The van der Waals surface area contributed by atoms with Gasteiger partial charge < -0.3 is 5.73 Å². The van der Waals surface area contributed by atoms with Crippen molar-refractivity contribution in [2.75, 3.05) is 0 Å². The minimum absolute atomic E-state index is 0.290. The molecule has 3 heteroatoms. The molecule has 3 nitrogen and oxygen atoms in total. The molecule has 1 aromatic carbocycles. The smallest absolute Gasteiger partial charge is 0.221 e. The van der Waals surface area contributed by atoms with E-state index in [0.29, 0.717) is 0 Å². The Morgan fingerprint density at radius 3 is 2.93 bits per heavy atom. The van der Waals surface area contributed by atoms with Gasteiger partial charge in [-0.2, -0.15) is 0 Å². The van der Waals surface area contributed by atoms with Crippen molar-refractivity contribution in [2.45, 2.75) is 6.42 Å². The lowest BCUT2D eigenvalue weighted by Gasteiger charge is -2.00. The summed E-state index contributed by atoms with van der Waals surface area (Å²) in [4.78, 5) is 14.7. The minimum Gasteiger partial charge on any atom is -0.369 e. The lowest BCUT2D eigenvalue weighted by Crippen LogP contribution is -2.13. The Morgan fingerprint density at radius 1 is 1.29 bits per heavy atom. The van der Waals surface area contributed by atoms with Gasteiger partial charge >= 0.3 is 0 Å². The number of amides is 1. The molecule has 1 aromatic heterocycles. The van der Waals surface area contributed by atoms with Crippen molar-refractivity contribution >= 4 is 16.7 Å². The molecule has 14 heavy (non-hydrogen) atoms. The molecule has 1 heterocycles. The fraction of sp³-hybridized carbons (Fsp3) is 0.0909. The van der Waals surface area contributed by atoms with E-state index in [9.17, 15) is 4.79 Å². The summed E-state index contributed by atoms with van der Waals surface area (Å²) in [7, 11) is 0. The number of carbonyl (C=O) groups excluding carboxylic acids is 1. The zero-order valence-electron chi connectivity index (χ0n) is 7.60. The molecule has 0 fully saturated rings. The van der Waals surface area contributed by atoms with Crippen LogP contribution in [0.2, 0.25) is 0 Å². The summed E-state index contributed by atoms with van der Waals surface area (Å²) in [5, 5.41) is 2.15. The van der Waals surface area contributed by atoms with Crippen LogP contribution in [0.25, 0.3) is 10.8 Å². The number of nitrogens with zero attached hydrogens (tertiary/aromatic N) is 1. The molecule has 70 valence electrons. The topological polar surface area (TPSA) is 56.0 Å². The van der Waals surface area contributed by atoms with Gasteiger partial charge in [0, 0.05) is 17.8 Å². The van der Waals surface area contributed by atoms with Gasteiger partial charge in [0.15, 0.2) is 0 Å². The summed E-state index contributed by atoms with van der Waals surface area (Å²) < 4.78 is 0. The average Bonchev–Trinajstić information content (AvgIpc) is 2.17. The Morgan fingerprint density at radius 2 is 2.14 bits per heavy atom. The van der Waals surface area contributed by atoms with Gasteiger partial charge in [0.25, 0.3) is 0 Å². The Bertz CT molecular complexity index is 479. The van der Waals surface area contributed by atoms with E-state index in [0.717, 1.165) is 16.3 Å². The number of carbonyl (C=O) groups is 1. The molecule has 0 aliphatic rings. The predicted molar refractivity (Wildman–Crippen MR) is 54.6 cm³/mol. The quantitative estimate of drug-likeness (QED) is 0.767. The Hall–Kier alpha value is -1.90. The molecule has 0 bridgehead atoms. The van der Waals surface area contributed by atoms with Gasteiger partial charge in [-0.05, 0) is 17.0 Å². The van der Waals surface area contributed by atoms with E-state index < -0.39 is 0 Å². The number of primary amides is 1. The van der Waals surface area contributed by atoms with E-state index in [1.807, 2.05) is 24.3 Å². The molecule has 0 atom stereocenters. The summed E-state index contributed by atoms with van der Waals surface area (Å²) in [6, 6.07) is 7.72. The molecule has 2 N–H and O–H groups in total. The minimum atomic E-state index is -0.307. The van der Waals surface area contributed by atoms with Crippen LogP contribution in [0.4, 0.5) is 0 Å². The molecule has 2 aromatic rings. The standard InChI is InChI=1S/C11H10N2O/c12-11(14)6-8-1-2-10-7-13-4-3-9(10)5-8/h1-5,7H,6H2,(H2,12,14). The highest BCUT2D eigenvalue weighted by atomic mass is 16.1. The van der Waals surface area contributed by atoms with E-state index in [1.165, 1.54) is 0 Å². The number of nitrogens with two attached hydrogens (primary N) is 1. The highest BCUT2D eigenvalue weighted by molar-refractivity contribution is 5.84. The molecular weight excluding hydrogens is 176 g/mol. The van der Waals surface area contributed by atoms with Gasteiger partial charge in [0.1, 0.15) is 0 Å². The number of hydrogen-bond donors (Lipinski definition) is 1. The SMILES string of the molecule is NC(=O)Cc1ccc2cnccc2c1. The zero-order chi connectivity index (χ0) is 9.97. The van der Waals surface area contributed by atoms with E-state index in [4.69, 9.17) is 5.73 Å². The van der Waals surface area contributed by atoms with Crippen molar-refractivity contribution in [3.05, 3.63) is 42.2 Å². The van der Waals surface area contributed by atoms with Crippen LogP contribution in [-0.2, 0) is 11.2 Å². The van der Waals surface area contributed by atoms with Crippen LogP contribution in [0.1, 0.15) is 5.56 Å². The van der Waals surface area contributed by atoms with E-state index in [2.05, 4.69) is 4.98 Å². The molecule has 0 spiro atoms. The normalized spacial score (nSPS) is 10.3. The molecule has 0 unspecified atom stereocenters. The van der Waals surface area contributed by atoms with Crippen molar-refractivity contribution in [1.29, 1.82) is 0 Å². The maximum atomic E-state index is 10.7. The Balaban J connectivity index is 2.46. The number of rotatable bonds is 2. The highest BCUT2D eigenvalue weighted by Crippen LogP contribution is 2.14. The molecular formula is C11H10N2O. The van der Waals surface area contributed by atoms with Crippen LogP contribution in [0.5, 0.6) is 0 Å². The first-order chi connectivity index (χ1) is 6.75. The van der Waals surface area contributed by atoms with Crippen molar-refractivity contribution in [1.82, 2.24) is 4.98 Å². The Labute approximate surface area is 81.6 Å². The highest BCUT2D eigenvalue weighted by Gasteiger charge is 1.99. The third-order valence-corrected chi connectivity index (χ3v) is 2.08. The fourth-order valence-electron chi connectivity index (χ4n) is 1.44. The average molecular weight is 186 g/mol. The fourth-order valence-corrected chi connectivity index (χ4v) is 1.44. The predicted octanol–water partition coefficient (Wildman–Crippen LogP) is 1.26. The molecule has 0 aliphatic heterocycles. The first-order valence-electron chi connectivity index (χ1n) is 4.37. The maximum absolute atomic E-state index is 10.7. The van der Waals surface area contributed by atoms with Crippen molar-refractivity contribution in [3.63, 3.8) is 0 Å². The van der Waals surface area contributed by atoms with E-state index in [-0.39, 0.29) is 12.3 Å². The van der Waals surface area contributed by atoms with Crippen LogP contribution in [-0.4, -0.2) is 10.9 Å². The van der Waals surface area contributed by atoms with Crippen LogP contribution in [0.3, 0.4) is 0 Å². The summed E-state index contributed by atoms with van der Waals surface area (Å²) in [5.74, 6) is -0.307. The van der Waals surface area contributed by atoms with Crippen molar-refractivity contribution < 1.29 is 4.79 Å². The number of fused-ring (bicyclic) bond motifs is 1. The van der Waals surface area contributed by atoms with Gasteiger partial charge in [0.2, 0.25) is 5.91 Å². The van der Waals surface area contributed by atoms with Gasteiger partial charge in [-0.1, -0.05) is 18.2 Å². The molecule has 0 radical (unpaired) electrons. The van der Waals surface area contributed by atoms with Crippen LogP contribution >= 0.6 is 0 Å². The van der Waals surface area contributed by atoms with Crippen LogP contribution in [0, 0.1) is 0 Å². The Kier molecular flexibility index (Phi) is 2.14. The number of pyridine rings is 1. The maximum Gasteiger partial charge on any atom is 0.221 e. The third kappa shape index (κ3) is 1.71. The first-order valence-corrected chi connectivity index (χ1v) is 4.37. The summed E-state index contributed by atoms with van der Waals surface area (Å²) in [6.45, 7) is 0. The molecule has 1 amide bonds. The lowest BCUT2D eigenvalue weighted by atomic mass is 10.1. The zero-order valence-corrected chi connectivity index (χ0v) is 7.60. The van der Waals surface area contributed by atoms with E-state index >= 15 is 0 Å². The largest absolute Gasteiger partial charge is 0.369 e. The molecule has 0 saturated carbocycles.